The van der Waals surface area contributed by atoms with Crippen LogP contribution in [0.1, 0.15) is 21.5 Å². The predicted molar refractivity (Wildman–Crippen MR) is 163 cm³/mol. The van der Waals surface area contributed by atoms with Crippen LogP contribution in [0.25, 0.3) is 0 Å². The minimum Gasteiger partial charge on any atom is -0.494 e. The highest BCUT2D eigenvalue weighted by Crippen LogP contribution is 2.44. The zero-order valence-electron chi connectivity index (χ0n) is 23.4. The van der Waals surface area contributed by atoms with Crippen molar-refractivity contribution in [3.05, 3.63) is 53.1 Å². The van der Waals surface area contributed by atoms with Crippen molar-refractivity contribution in [3.63, 3.8) is 0 Å². The monoisotopic (exact) mass is 686 g/mol. The van der Waals surface area contributed by atoms with Gasteiger partial charge in [-0.1, -0.05) is 16.1 Å². The molecule has 0 radical (unpaired) electrons. The molecule has 0 heterocycles. The summed E-state index contributed by atoms with van der Waals surface area (Å²) in [5.41, 5.74) is 13.4. The van der Waals surface area contributed by atoms with Gasteiger partial charge in [0.25, 0.3) is 0 Å². The Labute approximate surface area is 267 Å². The smallest absolute Gasteiger partial charge is 0.338 e. The maximum absolute atomic E-state index is 12.0. The van der Waals surface area contributed by atoms with Gasteiger partial charge < -0.3 is 31.0 Å². The van der Waals surface area contributed by atoms with Crippen molar-refractivity contribution in [1.29, 1.82) is 0 Å². The summed E-state index contributed by atoms with van der Waals surface area (Å²) >= 11 is 1.95. The van der Waals surface area contributed by atoms with Gasteiger partial charge in [-0.15, -0.1) is 29.1 Å². The number of benzene rings is 3. The van der Waals surface area contributed by atoms with Crippen LogP contribution in [0.5, 0.6) is 5.75 Å². The Bertz CT molecular complexity index is 1580. The highest BCUT2D eigenvalue weighted by Gasteiger charge is 2.20. The van der Waals surface area contributed by atoms with E-state index in [-0.39, 0.29) is 56.7 Å². The maximum atomic E-state index is 12.0. The van der Waals surface area contributed by atoms with Crippen molar-refractivity contribution >= 4 is 82.2 Å². The number of nitrogens with two attached hydrogens (primary N) is 2. The van der Waals surface area contributed by atoms with Gasteiger partial charge in [0.1, 0.15) is 34.3 Å². The summed E-state index contributed by atoms with van der Waals surface area (Å²) in [4.78, 5) is 24.7. The topological polar surface area (TPSA) is 283 Å². The Morgan fingerprint density at radius 1 is 0.867 bits per heavy atom. The van der Waals surface area contributed by atoms with Crippen LogP contribution in [0.2, 0.25) is 0 Å². The van der Waals surface area contributed by atoms with Crippen LogP contribution >= 0.6 is 36.1 Å². The summed E-state index contributed by atoms with van der Waals surface area (Å²) in [6.45, 7) is 3.54. The number of anilines is 2. The van der Waals surface area contributed by atoms with Crippen LogP contribution < -0.4 is 16.2 Å². The van der Waals surface area contributed by atoms with Gasteiger partial charge in [0, 0.05) is 12.0 Å². The number of hydrogen-bond acceptors (Lipinski definition) is 19. The molecule has 0 saturated heterocycles. The number of hydrogen-bond donors (Lipinski definition) is 5. The highest BCUT2D eigenvalue weighted by molar-refractivity contribution is 7.96. The van der Waals surface area contributed by atoms with E-state index in [2.05, 4.69) is 39.2 Å². The molecule has 3 rings (SSSR count). The van der Waals surface area contributed by atoms with E-state index in [9.17, 15) is 14.7 Å². The van der Waals surface area contributed by atoms with E-state index >= 15 is 0 Å². The molecule has 0 atom stereocenters. The molecule has 9 N–H and O–H groups in total. The molecule has 0 aromatic heterocycles. The first-order valence-corrected chi connectivity index (χ1v) is 14.2. The first-order chi connectivity index (χ1) is 21.1. The van der Waals surface area contributed by atoms with Crippen LogP contribution in [-0.2, 0) is 27.7 Å². The first kappa shape index (κ1) is 37.2. The number of carboxylic acid groups (broad SMARTS) is 1. The number of ether oxygens (including phenoxy) is 1. The van der Waals surface area contributed by atoms with E-state index in [1.807, 2.05) is 6.92 Å². The van der Waals surface area contributed by atoms with Gasteiger partial charge in [-0.3, -0.25) is 4.79 Å². The van der Waals surface area contributed by atoms with Crippen LogP contribution in [0.4, 0.5) is 34.1 Å². The lowest BCUT2D eigenvalue weighted by atomic mass is 10.1. The van der Waals surface area contributed by atoms with E-state index in [0.29, 0.717) is 39.4 Å². The number of rotatable bonds is 15. The molecule has 0 fully saturated rings. The Morgan fingerprint density at radius 2 is 1.56 bits per heavy atom. The van der Waals surface area contributed by atoms with E-state index < -0.39 is 11.9 Å². The molecule has 18 nitrogen and oxygen atoms in total. The van der Waals surface area contributed by atoms with Crippen LogP contribution in [-0.4, -0.2) is 45.9 Å². The zero-order valence-corrected chi connectivity index (χ0v) is 25.9. The lowest BCUT2D eigenvalue weighted by Crippen LogP contribution is -2.03. The first-order valence-electron chi connectivity index (χ1n) is 11.8. The SMILES string of the molecule is COc1cc(SOC(=O)CSOOO)c(C)cc1N=Nc1c(N)cc(C(=O)O)c(N=Nc2ccc(C)cc2SOOO)c1N.O. The molecule has 0 spiro atoms. The Hall–Kier alpha value is -4.03. The van der Waals surface area contributed by atoms with E-state index in [1.165, 1.54) is 7.11 Å². The normalized spacial score (nSPS) is 11.1. The molecule has 0 amide bonds. The molecule has 45 heavy (non-hydrogen) atoms. The minimum absolute atomic E-state index is 0. The van der Waals surface area contributed by atoms with Crippen molar-refractivity contribution in [3.8, 4) is 5.75 Å². The molecule has 0 aliphatic rings. The third-order valence-corrected chi connectivity index (χ3v) is 7.34. The van der Waals surface area contributed by atoms with Crippen molar-refractivity contribution in [2.24, 2.45) is 20.5 Å². The number of carbonyl (C=O) groups is 2. The van der Waals surface area contributed by atoms with Crippen LogP contribution in [0, 0.1) is 13.8 Å². The highest BCUT2D eigenvalue weighted by atomic mass is 32.2. The predicted octanol–water partition coefficient (Wildman–Crippen LogP) is 6.23. The summed E-state index contributed by atoms with van der Waals surface area (Å²) in [5.74, 6) is -2.02. The molecule has 0 aliphatic heterocycles. The van der Waals surface area contributed by atoms with Crippen molar-refractivity contribution in [2.45, 2.75) is 23.6 Å². The molecule has 0 unspecified atom stereocenters. The number of nitrogens with zero attached hydrogens (tertiary/aromatic N) is 4. The lowest BCUT2D eigenvalue weighted by molar-refractivity contribution is -0.432. The molecule has 3 aromatic carbocycles. The van der Waals surface area contributed by atoms with E-state index in [0.717, 1.165) is 23.7 Å². The van der Waals surface area contributed by atoms with E-state index in [1.54, 1.807) is 37.3 Å². The standard InChI is InChI=1S/C24H24N6O11S3.H2O/c1-11-4-5-15(19(6-11)44-41-39-35)27-29-22-13(24(32)33)8-14(25)23(21(22)26)30-28-16-7-12(2)18(9-17(16)36-3)43-37-20(31)10-42-40-38-34;/h4-9,34-35H,10,25-26H2,1-3H3,(H,32,33);1H2. The van der Waals surface area contributed by atoms with Gasteiger partial charge in [-0.25, -0.2) is 15.3 Å². The van der Waals surface area contributed by atoms with Crippen LogP contribution in [0.15, 0.2) is 66.6 Å². The Kier molecular flexibility index (Phi) is 14.9. The molecule has 3 aromatic rings. The fourth-order valence-corrected chi connectivity index (χ4v) is 4.75. The van der Waals surface area contributed by atoms with Crippen molar-refractivity contribution in [2.75, 3.05) is 24.3 Å². The summed E-state index contributed by atoms with van der Waals surface area (Å²) in [6, 6.07) is 9.28. The third-order valence-electron chi connectivity index (χ3n) is 5.31. The van der Waals surface area contributed by atoms with E-state index in [4.69, 9.17) is 30.9 Å². The number of aryl methyl sites for hydroxylation is 2. The summed E-state index contributed by atoms with van der Waals surface area (Å²) < 4.78 is 19.1. The fourth-order valence-electron chi connectivity index (χ4n) is 3.31. The number of carboxylic acids is 1. The summed E-state index contributed by atoms with van der Waals surface area (Å²) in [5, 5.41) is 50.0. The molecular weight excluding hydrogens is 660 g/mol. The van der Waals surface area contributed by atoms with Gasteiger partial charge in [-0.2, -0.15) is 0 Å². The van der Waals surface area contributed by atoms with Crippen molar-refractivity contribution < 1.29 is 58.4 Å². The molecule has 242 valence electrons. The fraction of sp³-hybridized carbons (Fsp3) is 0.167. The van der Waals surface area contributed by atoms with Gasteiger partial charge in [-0.05, 0) is 55.3 Å². The molecular formula is C24H26N6O12S3. The second-order valence-electron chi connectivity index (χ2n) is 8.26. The number of nitrogen functional groups attached to an aromatic ring is 2. The number of azo groups is 2. The Morgan fingerprint density at radius 3 is 2.22 bits per heavy atom. The largest absolute Gasteiger partial charge is 0.494 e. The lowest BCUT2D eigenvalue weighted by Gasteiger charge is -2.11. The molecule has 21 heteroatoms. The van der Waals surface area contributed by atoms with Gasteiger partial charge in [0.15, 0.2) is 0 Å². The second kappa shape index (κ2) is 18.1. The number of aromatic carboxylic acids is 1. The Balaban J connectivity index is 0.00000705. The van der Waals surface area contributed by atoms with Crippen LogP contribution in [0.3, 0.4) is 0 Å². The average Bonchev–Trinajstić information content (AvgIpc) is 2.99. The third kappa shape index (κ3) is 10.3. The van der Waals surface area contributed by atoms with Gasteiger partial charge in [0.2, 0.25) is 0 Å². The number of carbonyl (C=O) groups excluding carboxylic acids is 1. The van der Waals surface area contributed by atoms with Crippen molar-refractivity contribution in [1.82, 2.24) is 0 Å². The molecule has 0 aliphatic carbocycles. The van der Waals surface area contributed by atoms with Gasteiger partial charge in [0.05, 0.1) is 57.9 Å². The molecule has 0 saturated carbocycles. The minimum atomic E-state index is -1.37. The second-order valence-corrected chi connectivity index (χ2v) is 10.4. The molecule has 0 bridgehead atoms. The zero-order chi connectivity index (χ0) is 32.2. The summed E-state index contributed by atoms with van der Waals surface area (Å²) in [6.07, 6.45) is 0. The van der Waals surface area contributed by atoms with Gasteiger partial charge >= 0.3 is 11.9 Å². The average molecular weight is 687 g/mol. The maximum Gasteiger partial charge on any atom is 0.338 e. The number of methoxy groups -OCH3 is 1. The summed E-state index contributed by atoms with van der Waals surface area (Å²) in [7, 11) is 1.39. The quantitative estimate of drug-likeness (QED) is 0.0296.